The van der Waals surface area contributed by atoms with Gasteiger partial charge in [0, 0.05) is 24.8 Å². The molecule has 1 aromatic carbocycles. The van der Waals surface area contributed by atoms with Crippen molar-refractivity contribution in [3.05, 3.63) is 64.7 Å². The number of hydrogen-bond acceptors (Lipinski definition) is 4. The van der Waals surface area contributed by atoms with E-state index >= 15 is 0 Å². The molecular weight excluding hydrogens is 531 g/mol. The molecule has 39 heavy (non-hydrogen) atoms. The van der Waals surface area contributed by atoms with Crippen LogP contribution >= 0.6 is 11.6 Å². The Balaban J connectivity index is 1.27. The highest BCUT2D eigenvalue weighted by Crippen LogP contribution is 2.54. The molecular formula is C28H29ClF3N5O2. The van der Waals surface area contributed by atoms with Gasteiger partial charge in [0.15, 0.2) is 0 Å². The zero-order valence-corrected chi connectivity index (χ0v) is 22.5. The van der Waals surface area contributed by atoms with Gasteiger partial charge in [-0.25, -0.2) is 18.2 Å². The van der Waals surface area contributed by atoms with Crippen molar-refractivity contribution in [2.24, 2.45) is 18.9 Å². The number of amides is 1. The van der Waals surface area contributed by atoms with E-state index in [4.69, 9.17) is 11.6 Å². The number of nitrogens with one attached hydrogen (secondary N) is 1. The van der Waals surface area contributed by atoms with Gasteiger partial charge in [-0.1, -0.05) is 23.4 Å². The third kappa shape index (κ3) is 5.43. The first kappa shape index (κ1) is 27.3. The molecule has 0 aliphatic heterocycles. The lowest BCUT2D eigenvalue weighted by molar-refractivity contribution is 0.0975. The molecule has 2 heterocycles. The Labute approximate surface area is 229 Å². The van der Waals surface area contributed by atoms with Gasteiger partial charge in [0.1, 0.15) is 22.7 Å². The molecule has 0 bridgehead atoms. The number of nitrogens with zero attached hydrogens (tertiary/aromatic N) is 4. The first-order valence-electron chi connectivity index (χ1n) is 12.7. The molecule has 2 aromatic heterocycles. The summed E-state index contributed by atoms with van der Waals surface area (Å²) in [7, 11) is 1.75. The molecule has 2 aliphatic rings. The van der Waals surface area contributed by atoms with Crippen molar-refractivity contribution in [2.45, 2.75) is 63.0 Å². The van der Waals surface area contributed by atoms with Gasteiger partial charge in [-0.3, -0.25) is 9.48 Å². The lowest BCUT2D eigenvalue weighted by Gasteiger charge is -2.22. The second-order valence-corrected chi connectivity index (χ2v) is 11.5. The number of carbonyl (C=O) groups is 1. The quantitative estimate of drug-likeness (QED) is 0.394. The Kier molecular flexibility index (Phi) is 7.02. The van der Waals surface area contributed by atoms with Crippen LogP contribution in [0, 0.1) is 29.5 Å². The van der Waals surface area contributed by atoms with E-state index < -0.39 is 23.4 Å². The molecule has 2 saturated carbocycles. The lowest BCUT2D eigenvalue weighted by atomic mass is 9.91. The number of aromatic nitrogens is 4. The van der Waals surface area contributed by atoms with E-state index in [1.54, 1.807) is 31.8 Å². The molecule has 7 nitrogen and oxygen atoms in total. The molecule has 2 fully saturated rings. The fraction of sp³-hybridized carbons (Fsp3) is 0.464. The summed E-state index contributed by atoms with van der Waals surface area (Å²) in [6, 6.07) is 4.00. The highest BCUT2D eigenvalue weighted by molar-refractivity contribution is 6.31. The molecule has 5 rings (SSSR count). The number of aryl methyl sites for hydroxylation is 1. The van der Waals surface area contributed by atoms with E-state index in [0.29, 0.717) is 29.9 Å². The highest BCUT2D eigenvalue weighted by atomic mass is 35.5. The van der Waals surface area contributed by atoms with Gasteiger partial charge in [-0.05, 0) is 69.6 Å². The Morgan fingerprint density at radius 2 is 1.97 bits per heavy atom. The maximum absolute atomic E-state index is 13.5. The number of anilines is 1. The van der Waals surface area contributed by atoms with Gasteiger partial charge in [-0.15, -0.1) is 0 Å². The normalized spacial score (nSPS) is 24.5. The zero-order chi connectivity index (χ0) is 28.1. The average Bonchev–Trinajstić information content (AvgIpc) is 3.63. The molecule has 2 unspecified atom stereocenters. The summed E-state index contributed by atoms with van der Waals surface area (Å²) in [5.41, 5.74) is -0.708. The summed E-state index contributed by atoms with van der Waals surface area (Å²) in [5.74, 6) is 5.62. The van der Waals surface area contributed by atoms with E-state index in [1.165, 1.54) is 29.1 Å². The van der Waals surface area contributed by atoms with Crippen molar-refractivity contribution in [1.29, 1.82) is 0 Å². The van der Waals surface area contributed by atoms with Crippen LogP contribution in [-0.2, 0) is 12.6 Å². The van der Waals surface area contributed by atoms with Crippen LogP contribution in [0.3, 0.4) is 0 Å². The van der Waals surface area contributed by atoms with Crippen molar-refractivity contribution in [3.8, 4) is 11.8 Å². The Morgan fingerprint density at radius 1 is 1.28 bits per heavy atom. The highest BCUT2D eigenvalue weighted by Gasteiger charge is 2.49. The summed E-state index contributed by atoms with van der Waals surface area (Å²) in [6.07, 6.45) is 3.90. The third-order valence-corrected chi connectivity index (χ3v) is 8.10. The summed E-state index contributed by atoms with van der Waals surface area (Å²) >= 11 is 5.85. The molecule has 0 spiro atoms. The third-order valence-electron chi connectivity index (χ3n) is 7.81. The van der Waals surface area contributed by atoms with Crippen molar-refractivity contribution in [3.63, 3.8) is 0 Å². The van der Waals surface area contributed by atoms with Crippen molar-refractivity contribution in [1.82, 2.24) is 19.3 Å². The van der Waals surface area contributed by atoms with Crippen molar-refractivity contribution in [2.75, 3.05) is 5.32 Å². The van der Waals surface area contributed by atoms with Gasteiger partial charge in [0.2, 0.25) is 0 Å². The number of alkyl halides is 2. The number of rotatable bonds is 5. The minimum Gasteiger partial charge on any atom is -0.378 e. The molecule has 2 atom stereocenters. The van der Waals surface area contributed by atoms with Crippen molar-refractivity contribution < 1.29 is 23.1 Å². The van der Waals surface area contributed by atoms with Crippen LogP contribution in [0.2, 0.25) is 5.02 Å². The Morgan fingerprint density at radius 3 is 2.59 bits per heavy atom. The van der Waals surface area contributed by atoms with Crippen LogP contribution < -0.4 is 5.32 Å². The lowest BCUT2D eigenvalue weighted by Crippen LogP contribution is -2.28. The molecule has 2 N–H and O–H groups in total. The van der Waals surface area contributed by atoms with Crippen LogP contribution in [0.15, 0.2) is 36.9 Å². The number of benzene rings is 1. The predicted molar refractivity (Wildman–Crippen MR) is 140 cm³/mol. The second kappa shape index (κ2) is 10.0. The van der Waals surface area contributed by atoms with E-state index in [-0.39, 0.29) is 34.2 Å². The molecule has 2 aliphatic carbocycles. The number of fused-ring (bicyclic) bond motifs is 1. The minimum absolute atomic E-state index is 0.0459. The number of halogens is 4. The largest absolute Gasteiger partial charge is 0.378 e. The summed E-state index contributed by atoms with van der Waals surface area (Å²) < 4.78 is 42.5. The number of hydrogen-bond donors (Lipinski definition) is 2. The fourth-order valence-electron chi connectivity index (χ4n) is 5.86. The number of carbonyl (C=O) groups excluding carboxylic acids is 1. The SMILES string of the molecule is Cn1cnc(C2CC3CC(O)(C#CC(C)(C)n4cc(C(F)F)cn4)CC3C2)c1C(=O)Nc1ccc(F)c(Cl)c1. The number of aliphatic hydroxyl groups is 1. The van der Waals surface area contributed by atoms with Gasteiger partial charge in [-0.2, -0.15) is 5.10 Å². The summed E-state index contributed by atoms with van der Waals surface area (Å²) in [6.45, 7) is 3.54. The monoisotopic (exact) mass is 559 g/mol. The topological polar surface area (TPSA) is 85.0 Å². The van der Waals surface area contributed by atoms with Gasteiger partial charge in [0.25, 0.3) is 12.3 Å². The first-order valence-corrected chi connectivity index (χ1v) is 13.1. The van der Waals surface area contributed by atoms with Crippen LogP contribution in [-0.4, -0.2) is 35.9 Å². The first-order chi connectivity index (χ1) is 18.3. The molecule has 206 valence electrons. The van der Waals surface area contributed by atoms with Crippen LogP contribution in [0.25, 0.3) is 0 Å². The van der Waals surface area contributed by atoms with E-state index in [0.717, 1.165) is 19.0 Å². The minimum atomic E-state index is -2.61. The maximum atomic E-state index is 13.5. The van der Waals surface area contributed by atoms with Crippen LogP contribution in [0.4, 0.5) is 18.9 Å². The molecule has 0 radical (unpaired) electrons. The smallest absolute Gasteiger partial charge is 0.274 e. The summed E-state index contributed by atoms with van der Waals surface area (Å²) in [5, 5.41) is 18.0. The summed E-state index contributed by atoms with van der Waals surface area (Å²) in [4.78, 5) is 17.7. The molecule has 3 aromatic rings. The van der Waals surface area contributed by atoms with E-state index in [1.807, 2.05) is 0 Å². The molecule has 11 heteroatoms. The standard InChI is InChI=1S/C28H29ClF3N5O2/c1-27(2,37-14-19(13-34-37)25(31)32)6-7-28(39)11-17-8-16(9-18(17)12-28)23-24(36(3)15-33-23)26(38)35-20-4-5-22(30)21(29)10-20/h4-5,10,13-18,25,39H,8-9,11-12H2,1-3H3,(H,35,38). The van der Waals surface area contributed by atoms with Crippen LogP contribution in [0.5, 0.6) is 0 Å². The van der Waals surface area contributed by atoms with E-state index in [9.17, 15) is 23.1 Å². The Bertz CT molecular complexity index is 1460. The van der Waals surface area contributed by atoms with Crippen molar-refractivity contribution >= 4 is 23.2 Å². The van der Waals surface area contributed by atoms with Gasteiger partial charge < -0.3 is 15.0 Å². The van der Waals surface area contributed by atoms with E-state index in [2.05, 4.69) is 27.2 Å². The fourth-order valence-corrected chi connectivity index (χ4v) is 6.04. The maximum Gasteiger partial charge on any atom is 0.274 e. The van der Waals surface area contributed by atoms with Gasteiger partial charge in [0.05, 0.1) is 28.8 Å². The average molecular weight is 560 g/mol. The Hall–Kier alpha value is -3.29. The molecule has 1 amide bonds. The second-order valence-electron chi connectivity index (χ2n) is 11.1. The zero-order valence-electron chi connectivity index (χ0n) is 21.8. The number of imidazole rings is 1. The predicted octanol–water partition coefficient (Wildman–Crippen LogP) is 5.67. The van der Waals surface area contributed by atoms with Crippen LogP contribution in [0.1, 0.15) is 73.6 Å². The van der Waals surface area contributed by atoms with Gasteiger partial charge >= 0.3 is 0 Å². The molecule has 0 saturated heterocycles.